The van der Waals surface area contributed by atoms with Crippen LogP contribution in [0, 0.1) is 0 Å². The molecule has 0 bridgehead atoms. The van der Waals surface area contributed by atoms with Gasteiger partial charge in [-0.1, -0.05) is 12.1 Å². The number of rotatable bonds is 4. The molecule has 0 aliphatic rings. The van der Waals surface area contributed by atoms with E-state index in [9.17, 15) is 18.3 Å². The summed E-state index contributed by atoms with van der Waals surface area (Å²) in [4.78, 5) is 4.02. The van der Waals surface area contributed by atoms with E-state index in [-0.39, 0.29) is 12.2 Å². The quantitative estimate of drug-likeness (QED) is 0.939. The van der Waals surface area contributed by atoms with Gasteiger partial charge < -0.3 is 14.4 Å². The lowest BCUT2D eigenvalue weighted by Gasteiger charge is -2.12. The lowest BCUT2D eigenvalue weighted by molar-refractivity contribution is -0.274. The number of ether oxygens (including phenoxy) is 1. The minimum atomic E-state index is -4.70. The first kappa shape index (κ1) is 14.4. The van der Waals surface area contributed by atoms with Crippen LogP contribution in [0.25, 0.3) is 0 Å². The summed E-state index contributed by atoms with van der Waals surface area (Å²) >= 11 is 0. The summed E-state index contributed by atoms with van der Waals surface area (Å²) in [6.45, 7) is 0. The van der Waals surface area contributed by atoms with E-state index in [4.69, 9.17) is 0 Å². The van der Waals surface area contributed by atoms with Crippen molar-refractivity contribution in [3.8, 4) is 5.75 Å². The minimum absolute atomic E-state index is 0.261. The van der Waals surface area contributed by atoms with Gasteiger partial charge in [-0.05, 0) is 17.7 Å². The van der Waals surface area contributed by atoms with Crippen LogP contribution >= 0.6 is 0 Å². The predicted molar refractivity (Wildman–Crippen MR) is 65.0 cm³/mol. The Morgan fingerprint density at radius 1 is 1.30 bits per heavy atom. The van der Waals surface area contributed by atoms with Crippen molar-refractivity contribution in [2.45, 2.75) is 18.9 Å². The lowest BCUT2D eigenvalue weighted by Crippen LogP contribution is -2.17. The van der Waals surface area contributed by atoms with Crippen LogP contribution in [0.1, 0.15) is 17.5 Å². The number of aryl methyl sites for hydroxylation is 1. The molecule has 1 atom stereocenters. The summed E-state index contributed by atoms with van der Waals surface area (Å²) in [7, 11) is 1.76. The summed E-state index contributed by atoms with van der Waals surface area (Å²) in [5, 5.41) is 10.0. The molecule has 0 radical (unpaired) electrons. The second-order valence-electron chi connectivity index (χ2n) is 4.31. The van der Waals surface area contributed by atoms with Crippen LogP contribution in [0.15, 0.2) is 36.7 Å². The highest BCUT2D eigenvalue weighted by Crippen LogP contribution is 2.24. The van der Waals surface area contributed by atoms with Gasteiger partial charge in [0.2, 0.25) is 0 Å². The molecule has 7 heteroatoms. The highest BCUT2D eigenvalue weighted by molar-refractivity contribution is 5.28. The zero-order chi connectivity index (χ0) is 14.8. The zero-order valence-electron chi connectivity index (χ0n) is 10.6. The lowest BCUT2D eigenvalue weighted by atomic mass is 10.1. The monoisotopic (exact) mass is 286 g/mol. The van der Waals surface area contributed by atoms with E-state index in [1.807, 2.05) is 0 Å². The molecule has 0 saturated carbocycles. The van der Waals surface area contributed by atoms with E-state index in [2.05, 4.69) is 9.72 Å². The Balaban J connectivity index is 2.02. The number of hydrogen-bond acceptors (Lipinski definition) is 3. The maximum Gasteiger partial charge on any atom is 0.573 e. The maximum atomic E-state index is 12.0. The van der Waals surface area contributed by atoms with Gasteiger partial charge in [-0.25, -0.2) is 4.98 Å². The van der Waals surface area contributed by atoms with Gasteiger partial charge in [-0.3, -0.25) is 0 Å². The van der Waals surface area contributed by atoms with Crippen LogP contribution in [-0.4, -0.2) is 21.0 Å². The number of aromatic nitrogens is 2. The van der Waals surface area contributed by atoms with Crippen LogP contribution in [0.4, 0.5) is 13.2 Å². The van der Waals surface area contributed by atoms with Crippen molar-refractivity contribution in [1.82, 2.24) is 9.55 Å². The van der Waals surface area contributed by atoms with Crippen LogP contribution < -0.4 is 4.74 Å². The van der Waals surface area contributed by atoms with Gasteiger partial charge in [0.1, 0.15) is 17.7 Å². The number of alkyl halides is 3. The largest absolute Gasteiger partial charge is 0.573 e. The van der Waals surface area contributed by atoms with Crippen molar-refractivity contribution < 1.29 is 23.0 Å². The average Bonchev–Trinajstić information content (AvgIpc) is 2.76. The molecule has 108 valence electrons. The predicted octanol–water partition coefficient (Wildman–Crippen LogP) is 2.59. The molecule has 0 aliphatic carbocycles. The van der Waals surface area contributed by atoms with Gasteiger partial charge in [-0.2, -0.15) is 0 Å². The van der Waals surface area contributed by atoms with E-state index in [0.717, 1.165) is 0 Å². The third-order valence-electron chi connectivity index (χ3n) is 2.74. The molecule has 1 N–H and O–H groups in total. The van der Waals surface area contributed by atoms with E-state index < -0.39 is 12.5 Å². The number of aliphatic hydroxyl groups is 1. The number of hydrogen-bond donors (Lipinski definition) is 1. The van der Waals surface area contributed by atoms with Crippen LogP contribution in [-0.2, 0) is 13.5 Å². The fraction of sp³-hybridized carbons (Fsp3) is 0.308. The molecule has 1 unspecified atom stereocenters. The summed E-state index contributed by atoms with van der Waals surface area (Å²) in [5.41, 5.74) is 0.690. The third kappa shape index (κ3) is 3.74. The highest BCUT2D eigenvalue weighted by atomic mass is 19.4. The topological polar surface area (TPSA) is 47.3 Å². The molecule has 1 aromatic heterocycles. The first-order valence-corrected chi connectivity index (χ1v) is 5.85. The molecule has 0 amide bonds. The average molecular weight is 286 g/mol. The molecule has 2 aromatic rings. The molecule has 0 saturated heterocycles. The van der Waals surface area contributed by atoms with Gasteiger partial charge in [0.25, 0.3) is 0 Å². The molecule has 20 heavy (non-hydrogen) atoms. The molecule has 4 nitrogen and oxygen atoms in total. The molecular weight excluding hydrogens is 273 g/mol. The Hall–Kier alpha value is -2.02. The highest BCUT2D eigenvalue weighted by Gasteiger charge is 2.30. The Labute approximate surface area is 113 Å². The molecule has 0 fully saturated rings. The maximum absolute atomic E-state index is 12.0. The summed E-state index contributed by atoms with van der Waals surface area (Å²) < 4.78 is 41.5. The number of aliphatic hydroxyl groups excluding tert-OH is 1. The summed E-state index contributed by atoms with van der Waals surface area (Å²) in [6.07, 6.45) is -1.98. The second kappa shape index (κ2) is 5.54. The fourth-order valence-corrected chi connectivity index (χ4v) is 1.84. The van der Waals surface area contributed by atoms with Crippen LogP contribution in [0.3, 0.4) is 0 Å². The fourth-order valence-electron chi connectivity index (χ4n) is 1.84. The smallest absolute Gasteiger partial charge is 0.406 e. The number of imidazole rings is 1. The SMILES string of the molecule is Cn1ccnc1C(O)Cc1ccc(OC(F)(F)F)cc1. The van der Waals surface area contributed by atoms with Gasteiger partial charge in [0.05, 0.1) is 0 Å². The minimum Gasteiger partial charge on any atom is -0.406 e. The molecule has 0 aliphatic heterocycles. The van der Waals surface area contributed by atoms with Crippen molar-refractivity contribution >= 4 is 0 Å². The molecule has 0 spiro atoms. The van der Waals surface area contributed by atoms with Crippen LogP contribution in [0.2, 0.25) is 0 Å². The summed E-state index contributed by atoms with van der Waals surface area (Å²) in [5.74, 6) is 0.216. The van der Waals surface area contributed by atoms with Crippen molar-refractivity contribution in [3.05, 3.63) is 48.0 Å². The van der Waals surface area contributed by atoms with Crippen molar-refractivity contribution in [2.24, 2.45) is 7.05 Å². The Bertz CT molecular complexity index is 564. The summed E-state index contributed by atoms with van der Waals surface area (Å²) in [6, 6.07) is 5.39. The van der Waals surface area contributed by atoms with E-state index >= 15 is 0 Å². The van der Waals surface area contributed by atoms with E-state index in [1.54, 1.807) is 24.0 Å². The molecular formula is C13H13F3N2O2. The Morgan fingerprint density at radius 3 is 2.45 bits per heavy atom. The Kier molecular flexibility index (Phi) is 3.99. The van der Waals surface area contributed by atoms with Crippen molar-refractivity contribution in [2.75, 3.05) is 0 Å². The van der Waals surface area contributed by atoms with Gasteiger partial charge in [0, 0.05) is 25.9 Å². The van der Waals surface area contributed by atoms with Crippen molar-refractivity contribution in [3.63, 3.8) is 0 Å². The molecule has 2 rings (SSSR count). The van der Waals surface area contributed by atoms with Gasteiger partial charge in [-0.15, -0.1) is 13.2 Å². The first-order valence-electron chi connectivity index (χ1n) is 5.85. The Morgan fingerprint density at radius 2 is 1.95 bits per heavy atom. The van der Waals surface area contributed by atoms with Crippen LogP contribution in [0.5, 0.6) is 5.75 Å². The van der Waals surface area contributed by atoms with E-state index in [1.165, 1.54) is 24.3 Å². The van der Waals surface area contributed by atoms with E-state index in [0.29, 0.717) is 11.4 Å². The normalized spacial score (nSPS) is 13.2. The third-order valence-corrected chi connectivity index (χ3v) is 2.74. The molecule has 1 aromatic carbocycles. The van der Waals surface area contributed by atoms with Crippen molar-refractivity contribution in [1.29, 1.82) is 0 Å². The van der Waals surface area contributed by atoms with Gasteiger partial charge in [0.15, 0.2) is 0 Å². The zero-order valence-corrected chi connectivity index (χ0v) is 10.6. The molecule has 1 heterocycles. The number of benzene rings is 1. The van der Waals surface area contributed by atoms with Gasteiger partial charge >= 0.3 is 6.36 Å². The number of halogens is 3. The second-order valence-corrected chi connectivity index (χ2v) is 4.31. The standard InChI is InChI=1S/C13H13F3N2O2/c1-18-7-6-17-12(18)11(19)8-9-2-4-10(5-3-9)20-13(14,15)16/h2-7,11,19H,8H2,1H3. The number of nitrogens with zero attached hydrogens (tertiary/aromatic N) is 2. The first-order chi connectivity index (χ1) is 9.35.